The van der Waals surface area contributed by atoms with Crippen LogP contribution in [-0.2, 0) is 4.74 Å². The van der Waals surface area contributed by atoms with Crippen molar-refractivity contribution in [3.63, 3.8) is 0 Å². The number of hydrogen-bond donors (Lipinski definition) is 0. The SMILES string of the molecule is COC(=O)c1c(C)n(-c2ccccc2)c2ccccc2c1=O. The first-order valence-electron chi connectivity index (χ1n) is 6.93. The van der Waals surface area contributed by atoms with Gasteiger partial charge in [-0.2, -0.15) is 0 Å². The number of esters is 1. The lowest BCUT2D eigenvalue weighted by Crippen LogP contribution is -2.23. The molecule has 1 aromatic heterocycles. The van der Waals surface area contributed by atoms with Crippen LogP contribution in [0, 0.1) is 6.92 Å². The van der Waals surface area contributed by atoms with Gasteiger partial charge in [-0.05, 0) is 31.2 Å². The second kappa shape index (κ2) is 5.48. The van der Waals surface area contributed by atoms with Crippen molar-refractivity contribution in [2.24, 2.45) is 0 Å². The Bertz CT molecular complexity index is 911. The Kier molecular flexibility index (Phi) is 3.51. The zero-order valence-corrected chi connectivity index (χ0v) is 12.4. The second-order valence-corrected chi connectivity index (χ2v) is 4.97. The zero-order chi connectivity index (χ0) is 15.7. The fourth-order valence-electron chi connectivity index (χ4n) is 2.70. The molecule has 0 bridgehead atoms. The minimum atomic E-state index is -0.613. The van der Waals surface area contributed by atoms with Crippen LogP contribution in [0.3, 0.4) is 0 Å². The lowest BCUT2D eigenvalue weighted by atomic mass is 10.1. The summed E-state index contributed by atoms with van der Waals surface area (Å²) in [6.45, 7) is 1.76. The molecule has 1 heterocycles. The molecule has 4 heteroatoms. The van der Waals surface area contributed by atoms with E-state index < -0.39 is 5.97 Å². The van der Waals surface area contributed by atoms with Crippen molar-refractivity contribution >= 4 is 16.9 Å². The Labute approximate surface area is 127 Å². The fourth-order valence-corrected chi connectivity index (χ4v) is 2.70. The van der Waals surface area contributed by atoms with Crippen molar-refractivity contribution < 1.29 is 9.53 Å². The lowest BCUT2D eigenvalue weighted by Gasteiger charge is -2.17. The van der Waals surface area contributed by atoms with Gasteiger partial charge in [-0.3, -0.25) is 4.79 Å². The van der Waals surface area contributed by atoms with Crippen molar-refractivity contribution in [3.8, 4) is 5.69 Å². The standard InChI is InChI=1S/C18H15NO3/c1-12-16(18(21)22-2)17(20)14-10-6-7-11-15(14)19(12)13-8-4-3-5-9-13/h3-11H,1-2H3. The molecule has 0 aliphatic rings. The number of rotatable bonds is 2. The van der Waals surface area contributed by atoms with E-state index in [0.717, 1.165) is 11.2 Å². The van der Waals surface area contributed by atoms with Crippen LogP contribution in [0.5, 0.6) is 0 Å². The summed E-state index contributed by atoms with van der Waals surface area (Å²) in [5.41, 5.74) is 2.00. The lowest BCUT2D eigenvalue weighted by molar-refractivity contribution is 0.0598. The Hall–Kier alpha value is -2.88. The zero-order valence-electron chi connectivity index (χ0n) is 12.4. The molecule has 0 unspecified atom stereocenters. The van der Waals surface area contributed by atoms with Gasteiger partial charge in [-0.25, -0.2) is 4.79 Å². The molecule has 0 saturated carbocycles. The van der Waals surface area contributed by atoms with E-state index in [0.29, 0.717) is 11.1 Å². The van der Waals surface area contributed by atoms with E-state index in [1.807, 2.05) is 47.0 Å². The molecule has 0 N–H and O–H groups in total. The monoisotopic (exact) mass is 293 g/mol. The minimum Gasteiger partial charge on any atom is -0.465 e. The average molecular weight is 293 g/mol. The quantitative estimate of drug-likeness (QED) is 0.682. The molecule has 0 aliphatic heterocycles. The fraction of sp³-hybridized carbons (Fsp3) is 0.111. The highest BCUT2D eigenvalue weighted by atomic mass is 16.5. The molecule has 110 valence electrons. The van der Waals surface area contributed by atoms with Gasteiger partial charge in [-0.1, -0.05) is 30.3 Å². The normalized spacial score (nSPS) is 10.6. The number of carbonyl (C=O) groups excluding carboxylic acids is 1. The molecule has 0 aliphatic carbocycles. The number of fused-ring (bicyclic) bond motifs is 1. The molecular weight excluding hydrogens is 278 g/mol. The van der Waals surface area contributed by atoms with E-state index >= 15 is 0 Å². The van der Waals surface area contributed by atoms with Crippen LogP contribution in [0.2, 0.25) is 0 Å². The van der Waals surface area contributed by atoms with Crippen molar-refractivity contribution in [2.45, 2.75) is 6.92 Å². The van der Waals surface area contributed by atoms with E-state index in [-0.39, 0.29) is 11.0 Å². The van der Waals surface area contributed by atoms with Gasteiger partial charge < -0.3 is 9.30 Å². The van der Waals surface area contributed by atoms with Crippen LogP contribution in [0.1, 0.15) is 16.1 Å². The van der Waals surface area contributed by atoms with Crippen LogP contribution in [0.15, 0.2) is 59.4 Å². The summed E-state index contributed by atoms with van der Waals surface area (Å²) in [4.78, 5) is 24.7. The van der Waals surface area contributed by atoms with Gasteiger partial charge in [0.1, 0.15) is 5.56 Å². The molecule has 2 aromatic carbocycles. The van der Waals surface area contributed by atoms with Crippen LogP contribution >= 0.6 is 0 Å². The van der Waals surface area contributed by atoms with Gasteiger partial charge >= 0.3 is 5.97 Å². The number of nitrogens with zero attached hydrogens (tertiary/aromatic N) is 1. The number of aromatic nitrogens is 1. The molecule has 4 nitrogen and oxygen atoms in total. The predicted molar refractivity (Wildman–Crippen MR) is 85.6 cm³/mol. The third-order valence-electron chi connectivity index (χ3n) is 3.72. The molecule has 3 aromatic rings. The summed E-state index contributed by atoms with van der Waals surface area (Å²) < 4.78 is 6.69. The molecule has 22 heavy (non-hydrogen) atoms. The predicted octanol–water partition coefficient (Wildman–Crippen LogP) is 3.09. The maximum atomic E-state index is 12.6. The first-order valence-corrected chi connectivity index (χ1v) is 6.93. The number of ether oxygens (including phenoxy) is 1. The number of carbonyl (C=O) groups is 1. The molecular formula is C18H15NO3. The van der Waals surface area contributed by atoms with Gasteiger partial charge in [0.2, 0.25) is 5.43 Å². The smallest absolute Gasteiger partial charge is 0.343 e. The van der Waals surface area contributed by atoms with Crippen LogP contribution in [0.25, 0.3) is 16.6 Å². The molecule has 0 radical (unpaired) electrons. The molecule has 0 saturated heterocycles. The van der Waals surface area contributed by atoms with E-state index in [4.69, 9.17) is 4.74 Å². The van der Waals surface area contributed by atoms with Gasteiger partial charge in [-0.15, -0.1) is 0 Å². The van der Waals surface area contributed by atoms with Crippen LogP contribution < -0.4 is 5.43 Å². The number of para-hydroxylation sites is 2. The molecule has 0 amide bonds. The van der Waals surface area contributed by atoms with Crippen molar-refractivity contribution in [1.29, 1.82) is 0 Å². The van der Waals surface area contributed by atoms with E-state index in [1.165, 1.54) is 7.11 Å². The summed E-state index contributed by atoms with van der Waals surface area (Å²) in [6, 6.07) is 16.9. The Morgan fingerprint density at radius 3 is 2.32 bits per heavy atom. The second-order valence-electron chi connectivity index (χ2n) is 4.97. The van der Waals surface area contributed by atoms with Crippen molar-refractivity contribution in [1.82, 2.24) is 4.57 Å². The highest BCUT2D eigenvalue weighted by molar-refractivity contribution is 5.95. The van der Waals surface area contributed by atoms with E-state index in [2.05, 4.69) is 0 Å². The van der Waals surface area contributed by atoms with Gasteiger partial charge in [0.05, 0.1) is 12.6 Å². The third-order valence-corrected chi connectivity index (χ3v) is 3.72. The topological polar surface area (TPSA) is 48.3 Å². The van der Waals surface area contributed by atoms with E-state index in [1.54, 1.807) is 19.1 Å². The Morgan fingerprint density at radius 2 is 1.64 bits per heavy atom. The number of hydrogen-bond acceptors (Lipinski definition) is 3. The summed E-state index contributed by atoms with van der Waals surface area (Å²) in [6.07, 6.45) is 0. The summed E-state index contributed by atoms with van der Waals surface area (Å²) in [5.74, 6) is -0.613. The first kappa shape index (κ1) is 14.1. The van der Waals surface area contributed by atoms with E-state index in [9.17, 15) is 9.59 Å². The van der Waals surface area contributed by atoms with Crippen molar-refractivity contribution in [2.75, 3.05) is 7.11 Å². The third kappa shape index (κ3) is 2.09. The summed E-state index contributed by atoms with van der Waals surface area (Å²) in [7, 11) is 1.28. The minimum absolute atomic E-state index is 0.0741. The molecule has 3 rings (SSSR count). The first-order chi connectivity index (χ1) is 10.6. The largest absolute Gasteiger partial charge is 0.465 e. The Balaban J connectivity index is 2.50. The van der Waals surface area contributed by atoms with Gasteiger partial charge in [0.25, 0.3) is 0 Å². The highest BCUT2D eigenvalue weighted by Crippen LogP contribution is 2.21. The Morgan fingerprint density at radius 1 is 1.00 bits per heavy atom. The number of benzene rings is 2. The summed E-state index contributed by atoms with van der Waals surface area (Å²) in [5, 5.41) is 0.498. The van der Waals surface area contributed by atoms with Gasteiger partial charge in [0.15, 0.2) is 0 Å². The van der Waals surface area contributed by atoms with Crippen molar-refractivity contribution in [3.05, 3.63) is 76.1 Å². The average Bonchev–Trinajstić information content (AvgIpc) is 2.56. The van der Waals surface area contributed by atoms with Gasteiger partial charge in [0, 0.05) is 16.8 Å². The molecule has 0 spiro atoms. The number of methoxy groups -OCH3 is 1. The number of pyridine rings is 1. The maximum absolute atomic E-state index is 12.6. The highest BCUT2D eigenvalue weighted by Gasteiger charge is 2.20. The summed E-state index contributed by atoms with van der Waals surface area (Å²) >= 11 is 0. The molecule has 0 fully saturated rings. The van der Waals surface area contributed by atoms with Crippen LogP contribution in [0.4, 0.5) is 0 Å². The molecule has 0 atom stereocenters. The maximum Gasteiger partial charge on any atom is 0.343 e. The van der Waals surface area contributed by atoms with Crippen LogP contribution in [-0.4, -0.2) is 17.6 Å².